The summed E-state index contributed by atoms with van der Waals surface area (Å²) in [6, 6.07) is 13.5. The fourth-order valence-electron chi connectivity index (χ4n) is 4.50. The van der Waals surface area contributed by atoms with Crippen LogP contribution < -0.4 is 20.5 Å². The van der Waals surface area contributed by atoms with Gasteiger partial charge in [0.05, 0.1) is 30.9 Å². The second-order valence-corrected chi connectivity index (χ2v) is 9.03. The zero-order chi connectivity index (χ0) is 27.4. The van der Waals surface area contributed by atoms with Gasteiger partial charge in [0.25, 0.3) is 5.91 Å². The van der Waals surface area contributed by atoms with Crippen LogP contribution in [0.5, 0.6) is 11.5 Å². The molecule has 10 heteroatoms. The van der Waals surface area contributed by atoms with Crippen molar-refractivity contribution < 1.29 is 32.2 Å². The van der Waals surface area contributed by atoms with Gasteiger partial charge in [-0.05, 0) is 72.0 Å². The van der Waals surface area contributed by atoms with E-state index in [4.69, 9.17) is 15.2 Å². The summed E-state index contributed by atoms with van der Waals surface area (Å²) in [6.07, 6.45) is -2.95. The average molecular weight is 528 g/mol. The Bertz CT molecular complexity index is 1340. The molecule has 1 heterocycles. The summed E-state index contributed by atoms with van der Waals surface area (Å²) in [5, 5.41) is 2.62. The van der Waals surface area contributed by atoms with Gasteiger partial charge >= 0.3 is 6.18 Å². The Hall–Kier alpha value is -4.05. The molecule has 1 aliphatic rings. The second-order valence-electron chi connectivity index (χ2n) is 9.03. The van der Waals surface area contributed by atoms with Crippen LogP contribution in [0.3, 0.4) is 0 Å². The highest BCUT2D eigenvalue weighted by Crippen LogP contribution is 2.33. The van der Waals surface area contributed by atoms with Crippen molar-refractivity contribution in [2.45, 2.75) is 25.6 Å². The lowest BCUT2D eigenvalue weighted by atomic mass is 9.98. The van der Waals surface area contributed by atoms with Gasteiger partial charge in [-0.2, -0.15) is 13.2 Å². The van der Waals surface area contributed by atoms with Crippen molar-refractivity contribution in [1.82, 2.24) is 4.90 Å². The predicted molar refractivity (Wildman–Crippen MR) is 137 cm³/mol. The maximum atomic E-state index is 13.0. The first-order valence-corrected chi connectivity index (χ1v) is 12.0. The molecule has 0 unspecified atom stereocenters. The molecule has 0 aromatic heterocycles. The van der Waals surface area contributed by atoms with Crippen LogP contribution in [-0.4, -0.2) is 44.0 Å². The number of nitrogens with one attached hydrogen (secondary N) is 1. The van der Waals surface area contributed by atoms with E-state index in [0.29, 0.717) is 17.5 Å². The molecule has 0 atom stereocenters. The molecule has 0 saturated carbocycles. The fourth-order valence-corrected chi connectivity index (χ4v) is 4.50. The van der Waals surface area contributed by atoms with Gasteiger partial charge in [-0.1, -0.05) is 12.1 Å². The molecule has 0 fully saturated rings. The lowest BCUT2D eigenvalue weighted by Crippen LogP contribution is -2.32. The number of primary amides is 1. The molecule has 3 aromatic carbocycles. The zero-order valence-electron chi connectivity index (χ0n) is 21.0. The molecule has 3 N–H and O–H groups in total. The Morgan fingerprint density at radius 2 is 1.61 bits per heavy atom. The number of hydrogen-bond donors (Lipinski definition) is 2. The Morgan fingerprint density at radius 1 is 0.947 bits per heavy atom. The van der Waals surface area contributed by atoms with Crippen LogP contribution >= 0.6 is 0 Å². The van der Waals surface area contributed by atoms with Crippen molar-refractivity contribution in [3.63, 3.8) is 0 Å². The van der Waals surface area contributed by atoms with Gasteiger partial charge in [0.2, 0.25) is 5.91 Å². The number of anilines is 1. The number of halogens is 3. The molecule has 38 heavy (non-hydrogen) atoms. The Morgan fingerprint density at radius 3 is 2.21 bits per heavy atom. The molecule has 200 valence electrons. The third-order valence-corrected chi connectivity index (χ3v) is 6.58. The minimum Gasteiger partial charge on any atom is -0.493 e. The molecule has 7 nitrogen and oxygen atoms in total. The van der Waals surface area contributed by atoms with E-state index in [1.165, 1.54) is 11.1 Å². The number of fused-ring (bicyclic) bond motifs is 1. The number of rotatable bonds is 8. The number of amides is 2. The Labute approximate surface area is 218 Å². The molecular formula is C28H28F3N3O4. The predicted octanol–water partition coefficient (Wildman–Crippen LogP) is 4.67. The van der Waals surface area contributed by atoms with Crippen molar-refractivity contribution >= 4 is 17.5 Å². The van der Waals surface area contributed by atoms with Gasteiger partial charge in [0.1, 0.15) is 0 Å². The first kappa shape index (κ1) is 27.0. The quantitative estimate of drug-likeness (QED) is 0.444. The third-order valence-electron chi connectivity index (χ3n) is 6.58. The summed E-state index contributed by atoms with van der Waals surface area (Å²) in [5.74, 6) is -0.394. The molecule has 0 aliphatic carbocycles. The lowest BCUT2D eigenvalue weighted by molar-refractivity contribution is -0.137. The van der Waals surface area contributed by atoms with E-state index in [2.05, 4.69) is 10.2 Å². The lowest BCUT2D eigenvalue weighted by Gasteiger charge is -2.29. The highest BCUT2D eigenvalue weighted by Gasteiger charge is 2.32. The topological polar surface area (TPSA) is 93.9 Å². The van der Waals surface area contributed by atoms with Crippen molar-refractivity contribution in [1.29, 1.82) is 0 Å². The van der Waals surface area contributed by atoms with Gasteiger partial charge in [-0.25, -0.2) is 0 Å². The maximum absolute atomic E-state index is 13.0. The molecule has 1 aliphatic heterocycles. The molecule has 2 amide bonds. The first-order valence-electron chi connectivity index (χ1n) is 12.0. The van der Waals surface area contributed by atoms with E-state index in [1.54, 1.807) is 26.4 Å². The van der Waals surface area contributed by atoms with E-state index >= 15 is 0 Å². The third kappa shape index (κ3) is 6.08. The molecule has 0 saturated heterocycles. The van der Waals surface area contributed by atoms with Crippen molar-refractivity contribution in [3.8, 4) is 11.5 Å². The Balaban J connectivity index is 1.37. The number of ether oxygens (including phenoxy) is 2. The summed E-state index contributed by atoms with van der Waals surface area (Å²) < 4.78 is 49.8. The first-order chi connectivity index (χ1) is 18.1. The smallest absolute Gasteiger partial charge is 0.416 e. The molecular weight excluding hydrogens is 499 g/mol. The van der Waals surface area contributed by atoms with Crippen LogP contribution in [0.1, 0.15) is 43.0 Å². The second kappa shape index (κ2) is 11.1. The molecule has 0 radical (unpaired) electrons. The standard InChI is InChI=1S/C28H28F3N3O4/c1-37-24-13-18-10-12-34(16-19(18)14-25(24)38-2)11-9-17-3-6-21(7-4-17)33-27(36)22-8-5-20(28(29,30)31)15-23(22)26(32)35/h3-8,13-15H,9-12,16H2,1-2H3,(H2,32,35)(H,33,36). The normalized spacial score (nSPS) is 13.5. The van der Waals surface area contributed by atoms with Gasteiger partial charge in [-0.3, -0.25) is 14.5 Å². The number of carbonyl (C=O) groups is 2. The zero-order valence-corrected chi connectivity index (χ0v) is 21.0. The number of alkyl halides is 3. The molecule has 3 aromatic rings. The number of benzene rings is 3. The van der Waals surface area contributed by atoms with Crippen LogP contribution in [0, 0.1) is 0 Å². The number of methoxy groups -OCH3 is 2. The number of hydrogen-bond acceptors (Lipinski definition) is 5. The SMILES string of the molecule is COc1cc2c(cc1OC)CN(CCc1ccc(NC(=O)c3ccc(C(F)(F)F)cc3C(N)=O)cc1)CC2. The van der Waals surface area contributed by atoms with Crippen molar-refractivity contribution in [3.05, 3.63) is 88.0 Å². The van der Waals surface area contributed by atoms with E-state index < -0.39 is 29.1 Å². The highest BCUT2D eigenvalue weighted by molar-refractivity contribution is 6.11. The molecule has 0 bridgehead atoms. The summed E-state index contributed by atoms with van der Waals surface area (Å²) in [7, 11) is 3.25. The van der Waals surface area contributed by atoms with E-state index in [1.807, 2.05) is 24.3 Å². The van der Waals surface area contributed by atoms with Crippen LogP contribution in [-0.2, 0) is 25.6 Å². The molecule has 0 spiro atoms. The summed E-state index contributed by atoms with van der Waals surface area (Å²) >= 11 is 0. The minimum absolute atomic E-state index is 0.228. The van der Waals surface area contributed by atoms with E-state index in [9.17, 15) is 22.8 Å². The van der Waals surface area contributed by atoms with Crippen LogP contribution in [0.15, 0.2) is 54.6 Å². The fraction of sp³-hybridized carbons (Fsp3) is 0.286. The Kier molecular flexibility index (Phi) is 7.91. The maximum Gasteiger partial charge on any atom is 0.416 e. The van der Waals surface area contributed by atoms with Crippen LogP contribution in [0.25, 0.3) is 0 Å². The number of nitrogens with zero attached hydrogens (tertiary/aromatic N) is 1. The summed E-state index contributed by atoms with van der Waals surface area (Å²) in [5.41, 5.74) is 7.43. The van der Waals surface area contributed by atoms with Crippen molar-refractivity contribution in [2.75, 3.05) is 32.6 Å². The summed E-state index contributed by atoms with van der Waals surface area (Å²) in [4.78, 5) is 26.7. The van der Waals surface area contributed by atoms with E-state index in [-0.39, 0.29) is 5.56 Å². The monoisotopic (exact) mass is 527 g/mol. The van der Waals surface area contributed by atoms with Gasteiger partial charge in [0, 0.05) is 25.3 Å². The van der Waals surface area contributed by atoms with E-state index in [0.717, 1.165) is 55.9 Å². The molecule has 4 rings (SSSR count). The van der Waals surface area contributed by atoms with Gasteiger partial charge in [-0.15, -0.1) is 0 Å². The highest BCUT2D eigenvalue weighted by atomic mass is 19.4. The van der Waals surface area contributed by atoms with Crippen LogP contribution in [0.2, 0.25) is 0 Å². The minimum atomic E-state index is -4.66. The number of nitrogens with two attached hydrogens (primary N) is 1. The van der Waals surface area contributed by atoms with Gasteiger partial charge in [0.15, 0.2) is 11.5 Å². The van der Waals surface area contributed by atoms with Gasteiger partial charge < -0.3 is 20.5 Å². The van der Waals surface area contributed by atoms with Crippen molar-refractivity contribution in [2.24, 2.45) is 5.73 Å². The number of carbonyl (C=O) groups excluding carboxylic acids is 2. The average Bonchev–Trinajstić information content (AvgIpc) is 2.90. The largest absolute Gasteiger partial charge is 0.493 e. The summed E-state index contributed by atoms with van der Waals surface area (Å²) in [6.45, 7) is 2.57. The van der Waals surface area contributed by atoms with Crippen LogP contribution in [0.4, 0.5) is 18.9 Å².